The molecule has 5 nitrogen and oxygen atoms in total. The summed E-state index contributed by atoms with van der Waals surface area (Å²) < 4.78 is 0. The molecule has 1 heterocycles. The number of hydrogen-bond donors (Lipinski definition) is 3. The smallest absolute Gasteiger partial charge is 0.244 e. The van der Waals surface area contributed by atoms with Crippen LogP contribution in [0.4, 0.5) is 0 Å². The molecule has 1 aliphatic rings. The lowest BCUT2D eigenvalue weighted by Crippen LogP contribution is -2.61. The maximum Gasteiger partial charge on any atom is 0.244 e. The molecule has 0 saturated carbocycles. The Morgan fingerprint density at radius 1 is 1.41 bits per heavy atom. The molecule has 17 heavy (non-hydrogen) atoms. The van der Waals surface area contributed by atoms with Gasteiger partial charge in [0, 0.05) is 13.1 Å². The summed E-state index contributed by atoms with van der Waals surface area (Å²) >= 11 is 0. The van der Waals surface area contributed by atoms with Gasteiger partial charge < -0.3 is 16.4 Å². The normalized spacial score (nSPS) is 18.2. The molecule has 1 aromatic rings. The number of nitrogens with two attached hydrogens (primary N) is 1. The van der Waals surface area contributed by atoms with Crippen LogP contribution in [0.5, 0.6) is 0 Å². The van der Waals surface area contributed by atoms with Crippen LogP contribution in [0.2, 0.25) is 0 Å². The van der Waals surface area contributed by atoms with Gasteiger partial charge in [0.05, 0.1) is 6.42 Å². The highest BCUT2D eigenvalue weighted by atomic mass is 16.2. The van der Waals surface area contributed by atoms with Crippen LogP contribution < -0.4 is 16.4 Å². The van der Waals surface area contributed by atoms with Crippen LogP contribution in [0.15, 0.2) is 24.3 Å². The molecule has 1 atom stereocenters. The SMILES string of the molecule is NCc1ccccc1CC(=O)NC1CNC1=O. The van der Waals surface area contributed by atoms with Gasteiger partial charge >= 0.3 is 0 Å². The zero-order valence-electron chi connectivity index (χ0n) is 9.40. The number of rotatable bonds is 4. The van der Waals surface area contributed by atoms with Gasteiger partial charge in [0.15, 0.2) is 0 Å². The van der Waals surface area contributed by atoms with Crippen LogP contribution in [-0.2, 0) is 22.6 Å². The molecule has 1 fully saturated rings. The highest BCUT2D eigenvalue weighted by Crippen LogP contribution is 2.09. The zero-order chi connectivity index (χ0) is 12.3. The lowest BCUT2D eigenvalue weighted by atomic mass is 10.0. The third kappa shape index (κ3) is 2.62. The number of nitrogens with one attached hydrogen (secondary N) is 2. The molecule has 1 saturated heterocycles. The van der Waals surface area contributed by atoms with Gasteiger partial charge in [-0.1, -0.05) is 24.3 Å². The van der Waals surface area contributed by atoms with E-state index >= 15 is 0 Å². The lowest BCUT2D eigenvalue weighted by Gasteiger charge is -2.26. The summed E-state index contributed by atoms with van der Waals surface area (Å²) in [5, 5.41) is 5.25. The molecule has 0 aliphatic carbocycles. The van der Waals surface area contributed by atoms with Crippen molar-refractivity contribution in [2.24, 2.45) is 5.73 Å². The Hall–Kier alpha value is -1.88. The highest BCUT2D eigenvalue weighted by molar-refractivity contribution is 5.92. The zero-order valence-corrected chi connectivity index (χ0v) is 9.40. The number of β-lactam (4-membered cyclic amide) rings is 1. The molecule has 1 aliphatic heterocycles. The standard InChI is InChI=1S/C12H15N3O2/c13-6-9-4-2-1-3-8(9)5-11(16)15-10-7-14-12(10)17/h1-4,10H,5-7,13H2,(H,14,17)(H,15,16). The molecule has 0 bridgehead atoms. The van der Waals surface area contributed by atoms with Gasteiger partial charge in [-0.25, -0.2) is 0 Å². The molecular formula is C12H15N3O2. The summed E-state index contributed by atoms with van der Waals surface area (Å²) in [7, 11) is 0. The minimum Gasteiger partial charge on any atom is -0.352 e. The van der Waals surface area contributed by atoms with Crippen molar-refractivity contribution in [3.63, 3.8) is 0 Å². The van der Waals surface area contributed by atoms with Crippen LogP contribution >= 0.6 is 0 Å². The van der Waals surface area contributed by atoms with Gasteiger partial charge in [-0.3, -0.25) is 9.59 Å². The Balaban J connectivity index is 1.95. The van der Waals surface area contributed by atoms with E-state index in [4.69, 9.17) is 5.73 Å². The second-order valence-electron chi connectivity index (χ2n) is 4.01. The first-order valence-corrected chi connectivity index (χ1v) is 5.54. The van der Waals surface area contributed by atoms with Gasteiger partial charge in [0.2, 0.25) is 11.8 Å². The van der Waals surface area contributed by atoms with E-state index in [1.54, 1.807) is 0 Å². The van der Waals surface area contributed by atoms with Crippen LogP contribution in [-0.4, -0.2) is 24.4 Å². The van der Waals surface area contributed by atoms with E-state index in [-0.39, 0.29) is 24.3 Å². The summed E-state index contributed by atoms with van der Waals surface area (Å²) in [5.74, 6) is -0.267. The van der Waals surface area contributed by atoms with Crippen molar-refractivity contribution < 1.29 is 9.59 Å². The molecule has 4 N–H and O–H groups in total. The average Bonchev–Trinajstić information content (AvgIpc) is 2.35. The van der Waals surface area contributed by atoms with Crippen molar-refractivity contribution in [3.8, 4) is 0 Å². The van der Waals surface area contributed by atoms with Crippen LogP contribution in [0.3, 0.4) is 0 Å². The summed E-state index contributed by atoms with van der Waals surface area (Å²) in [6.07, 6.45) is 0.261. The van der Waals surface area contributed by atoms with Gasteiger partial charge in [0.1, 0.15) is 6.04 Å². The highest BCUT2D eigenvalue weighted by Gasteiger charge is 2.28. The van der Waals surface area contributed by atoms with E-state index in [1.807, 2.05) is 24.3 Å². The minimum absolute atomic E-state index is 0.120. The molecule has 0 radical (unpaired) electrons. The first kappa shape index (κ1) is 11.6. The molecule has 2 rings (SSSR count). The van der Waals surface area contributed by atoms with Crippen LogP contribution in [0.25, 0.3) is 0 Å². The number of carbonyl (C=O) groups excluding carboxylic acids is 2. The molecule has 5 heteroatoms. The van der Waals surface area contributed by atoms with Crippen molar-refractivity contribution in [2.75, 3.05) is 6.54 Å². The fourth-order valence-corrected chi connectivity index (χ4v) is 1.75. The Morgan fingerprint density at radius 2 is 2.12 bits per heavy atom. The Labute approximate surface area is 99.4 Å². The molecular weight excluding hydrogens is 218 g/mol. The van der Waals surface area contributed by atoms with Gasteiger partial charge in [-0.2, -0.15) is 0 Å². The van der Waals surface area contributed by atoms with Crippen LogP contribution in [0.1, 0.15) is 11.1 Å². The predicted molar refractivity (Wildman–Crippen MR) is 63.0 cm³/mol. The summed E-state index contributed by atoms with van der Waals surface area (Å²) in [5.41, 5.74) is 7.46. The average molecular weight is 233 g/mol. The fourth-order valence-electron chi connectivity index (χ4n) is 1.75. The summed E-state index contributed by atoms with van der Waals surface area (Å²) in [6, 6.07) is 7.18. The Kier molecular flexibility index (Phi) is 3.39. The van der Waals surface area contributed by atoms with Crippen molar-refractivity contribution in [3.05, 3.63) is 35.4 Å². The maximum absolute atomic E-state index is 11.7. The second-order valence-corrected chi connectivity index (χ2v) is 4.01. The van der Waals surface area contributed by atoms with E-state index < -0.39 is 0 Å². The molecule has 2 amide bonds. The third-order valence-electron chi connectivity index (χ3n) is 2.82. The topological polar surface area (TPSA) is 84.2 Å². The van der Waals surface area contributed by atoms with E-state index in [2.05, 4.69) is 10.6 Å². The summed E-state index contributed by atoms with van der Waals surface area (Å²) in [4.78, 5) is 22.7. The lowest BCUT2D eigenvalue weighted by molar-refractivity contribution is -0.133. The first-order valence-electron chi connectivity index (χ1n) is 5.54. The van der Waals surface area contributed by atoms with Gasteiger partial charge in [-0.05, 0) is 11.1 Å². The molecule has 0 spiro atoms. The quantitative estimate of drug-likeness (QED) is 0.601. The molecule has 1 aromatic carbocycles. The van der Waals surface area contributed by atoms with E-state index in [1.165, 1.54) is 0 Å². The van der Waals surface area contributed by atoms with Crippen molar-refractivity contribution in [2.45, 2.75) is 19.0 Å². The van der Waals surface area contributed by atoms with E-state index in [9.17, 15) is 9.59 Å². The predicted octanol–water partition coefficient (Wildman–Crippen LogP) is -0.698. The molecule has 1 unspecified atom stereocenters. The first-order chi connectivity index (χ1) is 8.20. The maximum atomic E-state index is 11.7. The molecule has 0 aromatic heterocycles. The second kappa shape index (κ2) is 4.97. The Bertz CT molecular complexity index is 445. The number of amides is 2. The fraction of sp³-hybridized carbons (Fsp3) is 0.333. The van der Waals surface area contributed by atoms with Crippen LogP contribution in [0, 0.1) is 0 Å². The van der Waals surface area contributed by atoms with Crippen molar-refractivity contribution in [1.82, 2.24) is 10.6 Å². The monoisotopic (exact) mass is 233 g/mol. The van der Waals surface area contributed by atoms with E-state index in [0.717, 1.165) is 11.1 Å². The van der Waals surface area contributed by atoms with Gasteiger partial charge in [0.25, 0.3) is 0 Å². The largest absolute Gasteiger partial charge is 0.352 e. The minimum atomic E-state index is -0.368. The van der Waals surface area contributed by atoms with E-state index in [0.29, 0.717) is 13.1 Å². The van der Waals surface area contributed by atoms with Crippen molar-refractivity contribution >= 4 is 11.8 Å². The Morgan fingerprint density at radius 3 is 2.65 bits per heavy atom. The number of benzene rings is 1. The summed E-state index contributed by atoms with van der Waals surface area (Å²) in [6.45, 7) is 0.927. The molecule has 90 valence electrons. The van der Waals surface area contributed by atoms with Gasteiger partial charge in [-0.15, -0.1) is 0 Å². The third-order valence-corrected chi connectivity index (χ3v) is 2.82. The number of carbonyl (C=O) groups is 2. The number of hydrogen-bond acceptors (Lipinski definition) is 3. The van der Waals surface area contributed by atoms with Crippen molar-refractivity contribution in [1.29, 1.82) is 0 Å².